The van der Waals surface area contributed by atoms with Crippen LogP contribution in [0.4, 0.5) is 13.2 Å². The Labute approximate surface area is 128 Å². The number of nitrogens with zero attached hydrogens (tertiary/aromatic N) is 1. The van der Waals surface area contributed by atoms with Crippen molar-refractivity contribution in [2.24, 2.45) is 0 Å². The molecule has 8 heteroatoms. The number of aromatic nitrogens is 1. The third kappa shape index (κ3) is 3.63. The lowest BCUT2D eigenvalue weighted by Crippen LogP contribution is -2.23. The van der Waals surface area contributed by atoms with Crippen molar-refractivity contribution in [2.75, 3.05) is 6.61 Å². The maximum Gasteiger partial charge on any atom is 0.416 e. The van der Waals surface area contributed by atoms with E-state index in [9.17, 15) is 18.0 Å². The molecule has 0 radical (unpaired) electrons. The zero-order valence-electron chi connectivity index (χ0n) is 11.8. The molecule has 1 heterocycles. The lowest BCUT2D eigenvalue weighted by molar-refractivity contribution is -0.137. The SMILES string of the molecule is CCONC(=O)c1sc(-c2ccc(C(F)(F)F)cc2)nc1C. The lowest BCUT2D eigenvalue weighted by Gasteiger charge is -2.06. The average molecular weight is 330 g/mol. The Hall–Kier alpha value is -1.93. The van der Waals surface area contributed by atoms with Crippen molar-refractivity contribution in [1.82, 2.24) is 10.5 Å². The molecular formula is C14H13F3N2O2S. The molecule has 0 unspecified atom stereocenters. The number of hydroxylamine groups is 1. The summed E-state index contributed by atoms with van der Waals surface area (Å²) in [5.41, 5.74) is 2.56. The van der Waals surface area contributed by atoms with Gasteiger partial charge in [0.1, 0.15) is 9.88 Å². The summed E-state index contributed by atoms with van der Waals surface area (Å²) >= 11 is 1.10. The van der Waals surface area contributed by atoms with Crippen LogP contribution in [0.3, 0.4) is 0 Å². The van der Waals surface area contributed by atoms with E-state index in [2.05, 4.69) is 10.5 Å². The normalized spacial score (nSPS) is 11.5. The zero-order chi connectivity index (χ0) is 16.3. The van der Waals surface area contributed by atoms with Crippen LogP contribution < -0.4 is 5.48 Å². The molecule has 0 atom stereocenters. The molecule has 0 aliphatic heterocycles. The molecule has 0 fully saturated rings. The van der Waals surface area contributed by atoms with Gasteiger partial charge in [0.2, 0.25) is 0 Å². The van der Waals surface area contributed by atoms with Crippen LogP contribution in [0, 0.1) is 6.92 Å². The van der Waals surface area contributed by atoms with Crippen LogP contribution >= 0.6 is 11.3 Å². The number of carbonyl (C=O) groups excluding carboxylic acids is 1. The Morgan fingerprint density at radius 2 is 1.95 bits per heavy atom. The molecule has 1 aromatic carbocycles. The molecule has 2 aromatic rings. The Morgan fingerprint density at radius 1 is 1.32 bits per heavy atom. The first-order chi connectivity index (χ1) is 10.3. The van der Waals surface area contributed by atoms with Crippen LogP contribution in [0.15, 0.2) is 24.3 Å². The lowest BCUT2D eigenvalue weighted by atomic mass is 10.1. The van der Waals surface area contributed by atoms with Crippen molar-refractivity contribution < 1.29 is 22.8 Å². The number of carbonyl (C=O) groups is 1. The van der Waals surface area contributed by atoms with Gasteiger partial charge in [-0.25, -0.2) is 10.5 Å². The first-order valence-electron chi connectivity index (χ1n) is 6.40. The maximum absolute atomic E-state index is 12.5. The highest BCUT2D eigenvalue weighted by Crippen LogP contribution is 2.32. The Balaban J connectivity index is 2.25. The summed E-state index contributed by atoms with van der Waals surface area (Å²) in [6.45, 7) is 3.72. The second-order valence-corrected chi connectivity index (χ2v) is 5.37. The van der Waals surface area contributed by atoms with Crippen molar-refractivity contribution in [3.05, 3.63) is 40.4 Å². The van der Waals surface area contributed by atoms with Gasteiger partial charge in [-0.05, 0) is 26.0 Å². The second-order valence-electron chi connectivity index (χ2n) is 4.37. The van der Waals surface area contributed by atoms with Gasteiger partial charge >= 0.3 is 6.18 Å². The van der Waals surface area contributed by atoms with Crippen LogP contribution in [0.25, 0.3) is 10.6 Å². The summed E-state index contributed by atoms with van der Waals surface area (Å²) in [5.74, 6) is -0.421. The van der Waals surface area contributed by atoms with Gasteiger partial charge in [-0.15, -0.1) is 11.3 Å². The van der Waals surface area contributed by atoms with Crippen LogP contribution in [0.5, 0.6) is 0 Å². The summed E-state index contributed by atoms with van der Waals surface area (Å²) in [7, 11) is 0. The molecule has 0 bridgehead atoms. The van der Waals surface area contributed by atoms with Gasteiger partial charge in [-0.2, -0.15) is 13.2 Å². The molecule has 4 nitrogen and oxygen atoms in total. The number of aryl methyl sites for hydroxylation is 1. The fourth-order valence-electron chi connectivity index (χ4n) is 1.72. The first kappa shape index (κ1) is 16.4. The highest BCUT2D eigenvalue weighted by Gasteiger charge is 2.30. The number of hydrogen-bond donors (Lipinski definition) is 1. The fraction of sp³-hybridized carbons (Fsp3) is 0.286. The number of alkyl halides is 3. The Bertz CT molecular complexity index is 666. The summed E-state index contributed by atoms with van der Waals surface area (Å²) in [6.07, 6.45) is -4.38. The number of rotatable bonds is 4. The van der Waals surface area contributed by atoms with Crippen LogP contribution in [-0.4, -0.2) is 17.5 Å². The van der Waals surface area contributed by atoms with E-state index in [4.69, 9.17) is 4.84 Å². The molecule has 2 rings (SSSR count). The molecule has 0 aliphatic rings. The molecule has 1 N–H and O–H groups in total. The maximum atomic E-state index is 12.5. The molecule has 0 saturated carbocycles. The molecule has 1 amide bonds. The smallest absolute Gasteiger partial charge is 0.274 e. The summed E-state index contributed by atoms with van der Waals surface area (Å²) < 4.78 is 37.6. The molecule has 1 aromatic heterocycles. The molecule has 118 valence electrons. The van der Waals surface area contributed by atoms with E-state index in [1.165, 1.54) is 12.1 Å². The summed E-state index contributed by atoms with van der Waals surface area (Å²) in [5, 5.41) is 0.480. The molecule has 22 heavy (non-hydrogen) atoms. The van der Waals surface area contributed by atoms with E-state index in [0.29, 0.717) is 27.7 Å². The average Bonchev–Trinajstić information content (AvgIpc) is 2.86. The van der Waals surface area contributed by atoms with Gasteiger partial charge in [0.25, 0.3) is 5.91 Å². The van der Waals surface area contributed by atoms with Gasteiger partial charge in [-0.3, -0.25) is 9.63 Å². The fourth-order valence-corrected chi connectivity index (χ4v) is 2.67. The molecule has 0 aliphatic carbocycles. The topological polar surface area (TPSA) is 51.2 Å². The Kier molecular flexibility index (Phi) is 4.82. The van der Waals surface area contributed by atoms with E-state index in [1.54, 1.807) is 13.8 Å². The monoisotopic (exact) mass is 330 g/mol. The van der Waals surface area contributed by atoms with E-state index in [0.717, 1.165) is 23.5 Å². The van der Waals surface area contributed by atoms with Gasteiger partial charge < -0.3 is 0 Å². The third-order valence-corrected chi connectivity index (χ3v) is 3.98. The van der Waals surface area contributed by atoms with E-state index >= 15 is 0 Å². The first-order valence-corrected chi connectivity index (χ1v) is 7.21. The standard InChI is InChI=1S/C14H13F3N2O2S/c1-3-21-19-12(20)11-8(2)18-13(22-11)9-4-6-10(7-5-9)14(15,16)17/h4-7H,3H2,1-2H3,(H,19,20). The van der Waals surface area contributed by atoms with Crippen LogP contribution in [-0.2, 0) is 11.0 Å². The highest BCUT2D eigenvalue weighted by atomic mass is 32.1. The number of thiazole rings is 1. The minimum absolute atomic E-state index is 0.329. The number of amides is 1. The minimum Gasteiger partial charge on any atom is -0.274 e. The van der Waals surface area contributed by atoms with Gasteiger partial charge in [-0.1, -0.05) is 12.1 Å². The largest absolute Gasteiger partial charge is 0.416 e. The van der Waals surface area contributed by atoms with Crippen molar-refractivity contribution >= 4 is 17.2 Å². The highest BCUT2D eigenvalue weighted by molar-refractivity contribution is 7.17. The quantitative estimate of drug-likeness (QED) is 0.867. The van der Waals surface area contributed by atoms with Crippen LogP contribution in [0.2, 0.25) is 0 Å². The van der Waals surface area contributed by atoms with Crippen molar-refractivity contribution in [1.29, 1.82) is 0 Å². The summed E-state index contributed by atoms with van der Waals surface area (Å²) in [6, 6.07) is 4.66. The molecular weight excluding hydrogens is 317 g/mol. The van der Waals surface area contributed by atoms with Gasteiger partial charge in [0, 0.05) is 5.56 Å². The van der Waals surface area contributed by atoms with Crippen LogP contribution in [0.1, 0.15) is 27.9 Å². The summed E-state index contributed by atoms with van der Waals surface area (Å²) in [4.78, 5) is 21.3. The predicted octanol–water partition coefficient (Wildman–Crippen LogP) is 3.82. The van der Waals surface area contributed by atoms with Gasteiger partial charge in [0.05, 0.1) is 17.9 Å². The zero-order valence-corrected chi connectivity index (χ0v) is 12.6. The number of benzene rings is 1. The van der Waals surface area contributed by atoms with Crippen molar-refractivity contribution in [3.63, 3.8) is 0 Å². The number of nitrogens with one attached hydrogen (secondary N) is 1. The number of halogens is 3. The minimum atomic E-state index is -4.38. The van der Waals surface area contributed by atoms with E-state index in [1.807, 2.05) is 0 Å². The van der Waals surface area contributed by atoms with Gasteiger partial charge in [0.15, 0.2) is 0 Å². The predicted molar refractivity (Wildman–Crippen MR) is 76.4 cm³/mol. The molecule has 0 spiro atoms. The van der Waals surface area contributed by atoms with E-state index in [-0.39, 0.29) is 0 Å². The second kappa shape index (κ2) is 6.45. The van der Waals surface area contributed by atoms with E-state index < -0.39 is 17.6 Å². The molecule has 0 saturated heterocycles. The van der Waals surface area contributed by atoms with Crippen molar-refractivity contribution in [2.45, 2.75) is 20.0 Å². The number of hydrogen-bond acceptors (Lipinski definition) is 4. The third-order valence-electron chi connectivity index (χ3n) is 2.77. The Morgan fingerprint density at radius 3 is 2.50 bits per heavy atom. The van der Waals surface area contributed by atoms with Crippen molar-refractivity contribution in [3.8, 4) is 10.6 Å².